The highest BCUT2D eigenvalue weighted by atomic mass is 16.5. The first-order valence-electron chi connectivity index (χ1n) is 6.98. The Labute approximate surface area is 115 Å². The molecule has 4 heteroatoms. The van der Waals surface area contributed by atoms with Crippen molar-refractivity contribution in [2.75, 3.05) is 31.7 Å². The summed E-state index contributed by atoms with van der Waals surface area (Å²) in [5.74, 6) is 1.67. The Bertz CT molecular complexity index is 430. The predicted octanol–water partition coefficient (Wildman–Crippen LogP) is 2.05. The van der Waals surface area contributed by atoms with E-state index in [1.807, 2.05) is 27.0 Å². The Balaban J connectivity index is 1.94. The van der Waals surface area contributed by atoms with Crippen LogP contribution in [0.1, 0.15) is 29.7 Å². The molecule has 4 nitrogen and oxygen atoms in total. The summed E-state index contributed by atoms with van der Waals surface area (Å²) in [6.45, 7) is 6.43. The van der Waals surface area contributed by atoms with Crippen molar-refractivity contribution in [1.29, 1.82) is 0 Å². The van der Waals surface area contributed by atoms with E-state index in [0.717, 1.165) is 41.7 Å². The molecule has 1 aromatic rings. The minimum absolute atomic E-state index is 0.0295. The molecule has 1 heterocycles. The first-order chi connectivity index (χ1) is 9.11. The average molecular weight is 264 g/mol. The molecule has 0 bridgehead atoms. The molecule has 0 amide bonds. The molecule has 0 atom stereocenters. The van der Waals surface area contributed by atoms with Crippen molar-refractivity contribution in [3.05, 3.63) is 22.9 Å². The summed E-state index contributed by atoms with van der Waals surface area (Å²) < 4.78 is 5.65. The van der Waals surface area contributed by atoms with E-state index in [1.54, 1.807) is 0 Å². The summed E-state index contributed by atoms with van der Waals surface area (Å²) in [7, 11) is 2.00. The van der Waals surface area contributed by atoms with Gasteiger partial charge < -0.3 is 14.7 Å². The fourth-order valence-corrected chi connectivity index (χ4v) is 2.20. The van der Waals surface area contributed by atoms with Gasteiger partial charge in [-0.25, -0.2) is 4.98 Å². The lowest BCUT2D eigenvalue weighted by Gasteiger charge is -2.22. The minimum Gasteiger partial charge on any atom is -0.392 e. The molecule has 0 aliphatic heterocycles. The smallest absolute Gasteiger partial charge is 0.134 e. The fourth-order valence-electron chi connectivity index (χ4n) is 2.20. The minimum atomic E-state index is 0.0295. The summed E-state index contributed by atoms with van der Waals surface area (Å²) in [5.41, 5.74) is 2.99. The Hall–Kier alpha value is -1.13. The molecule has 0 radical (unpaired) electrons. The van der Waals surface area contributed by atoms with Crippen molar-refractivity contribution in [2.45, 2.75) is 33.3 Å². The molecule has 0 aromatic carbocycles. The lowest BCUT2D eigenvalue weighted by atomic mass is 10.1. The van der Waals surface area contributed by atoms with Crippen LogP contribution in [0.3, 0.4) is 0 Å². The number of hydrogen-bond donors (Lipinski definition) is 1. The number of pyridine rings is 1. The van der Waals surface area contributed by atoms with Gasteiger partial charge in [0.2, 0.25) is 0 Å². The number of aromatic nitrogens is 1. The Morgan fingerprint density at radius 2 is 2.16 bits per heavy atom. The maximum atomic E-state index is 9.49. The van der Waals surface area contributed by atoms with Crippen LogP contribution in [0.4, 0.5) is 5.82 Å². The third kappa shape index (κ3) is 3.91. The molecule has 1 aromatic heterocycles. The molecular weight excluding hydrogens is 240 g/mol. The first kappa shape index (κ1) is 14.3. The molecule has 1 N–H and O–H groups in total. The van der Waals surface area contributed by atoms with E-state index >= 15 is 0 Å². The topological polar surface area (TPSA) is 45.6 Å². The van der Waals surface area contributed by atoms with Crippen molar-refractivity contribution in [2.24, 2.45) is 5.92 Å². The van der Waals surface area contributed by atoms with Gasteiger partial charge in [-0.05, 0) is 44.2 Å². The summed E-state index contributed by atoms with van der Waals surface area (Å²) in [4.78, 5) is 6.61. The predicted molar refractivity (Wildman–Crippen MR) is 76.4 cm³/mol. The molecule has 0 spiro atoms. The summed E-state index contributed by atoms with van der Waals surface area (Å²) >= 11 is 0. The van der Waals surface area contributed by atoms with E-state index in [9.17, 15) is 5.11 Å². The van der Waals surface area contributed by atoms with Crippen molar-refractivity contribution >= 4 is 5.82 Å². The van der Waals surface area contributed by atoms with Crippen LogP contribution in [0.15, 0.2) is 6.07 Å². The number of nitrogens with zero attached hydrogens (tertiary/aromatic N) is 2. The van der Waals surface area contributed by atoms with Crippen molar-refractivity contribution in [3.63, 3.8) is 0 Å². The van der Waals surface area contributed by atoms with E-state index in [2.05, 4.69) is 9.88 Å². The zero-order valence-corrected chi connectivity index (χ0v) is 12.1. The largest absolute Gasteiger partial charge is 0.392 e. The van der Waals surface area contributed by atoms with Crippen LogP contribution >= 0.6 is 0 Å². The van der Waals surface area contributed by atoms with E-state index in [0.29, 0.717) is 6.61 Å². The third-order valence-corrected chi connectivity index (χ3v) is 3.59. The number of aryl methyl sites for hydroxylation is 2. The van der Waals surface area contributed by atoms with Gasteiger partial charge in [-0.1, -0.05) is 0 Å². The monoisotopic (exact) mass is 264 g/mol. The number of aliphatic hydroxyl groups is 1. The summed E-state index contributed by atoms with van der Waals surface area (Å²) in [5, 5.41) is 9.49. The maximum Gasteiger partial charge on any atom is 0.134 e. The van der Waals surface area contributed by atoms with Gasteiger partial charge in [0.1, 0.15) is 5.82 Å². The van der Waals surface area contributed by atoms with E-state index in [4.69, 9.17) is 4.74 Å². The van der Waals surface area contributed by atoms with Crippen LogP contribution in [-0.2, 0) is 11.3 Å². The Kier molecular flexibility index (Phi) is 4.77. The van der Waals surface area contributed by atoms with Crippen LogP contribution in [0, 0.1) is 19.8 Å². The van der Waals surface area contributed by atoms with Crippen LogP contribution in [-0.4, -0.2) is 36.9 Å². The number of anilines is 1. The second-order valence-corrected chi connectivity index (χ2v) is 5.48. The molecule has 1 fully saturated rings. The van der Waals surface area contributed by atoms with Gasteiger partial charge in [-0.2, -0.15) is 0 Å². The van der Waals surface area contributed by atoms with Gasteiger partial charge >= 0.3 is 0 Å². The summed E-state index contributed by atoms with van der Waals surface area (Å²) in [6, 6.07) is 2.01. The van der Waals surface area contributed by atoms with Crippen molar-refractivity contribution in [1.82, 2.24) is 4.98 Å². The second kappa shape index (κ2) is 6.35. The molecule has 2 rings (SSSR count). The van der Waals surface area contributed by atoms with Crippen LogP contribution < -0.4 is 4.90 Å². The lowest BCUT2D eigenvalue weighted by Crippen LogP contribution is -2.25. The molecule has 1 saturated carbocycles. The number of aliphatic hydroxyl groups excluding tert-OH is 1. The van der Waals surface area contributed by atoms with Crippen LogP contribution in [0.5, 0.6) is 0 Å². The van der Waals surface area contributed by atoms with Gasteiger partial charge in [0.15, 0.2) is 0 Å². The van der Waals surface area contributed by atoms with Crippen LogP contribution in [0.25, 0.3) is 0 Å². The van der Waals surface area contributed by atoms with E-state index in [-0.39, 0.29) is 6.61 Å². The number of ether oxygens (including phenoxy) is 1. The molecule has 106 valence electrons. The highest BCUT2D eigenvalue weighted by molar-refractivity contribution is 5.50. The van der Waals surface area contributed by atoms with Crippen LogP contribution in [0.2, 0.25) is 0 Å². The zero-order valence-electron chi connectivity index (χ0n) is 12.1. The molecule has 19 heavy (non-hydrogen) atoms. The summed E-state index contributed by atoms with van der Waals surface area (Å²) in [6.07, 6.45) is 2.65. The zero-order chi connectivity index (χ0) is 13.8. The number of likely N-dealkylation sites (N-methyl/N-ethyl adjacent to an activating group) is 1. The van der Waals surface area contributed by atoms with Crippen molar-refractivity contribution in [3.8, 4) is 0 Å². The molecule has 1 aliphatic rings. The highest BCUT2D eigenvalue weighted by Crippen LogP contribution is 2.28. The Morgan fingerprint density at radius 3 is 2.79 bits per heavy atom. The fraction of sp³-hybridized carbons (Fsp3) is 0.667. The highest BCUT2D eigenvalue weighted by Gasteiger charge is 2.21. The van der Waals surface area contributed by atoms with E-state index < -0.39 is 0 Å². The first-order valence-corrected chi connectivity index (χ1v) is 6.98. The quantitative estimate of drug-likeness (QED) is 0.766. The Morgan fingerprint density at radius 1 is 1.42 bits per heavy atom. The normalized spacial score (nSPS) is 14.7. The second-order valence-electron chi connectivity index (χ2n) is 5.48. The standard InChI is InChI=1S/C15H24N2O2/c1-11-8-12(2)16-15(14(11)9-18)17(3)6-7-19-10-13-4-5-13/h8,13,18H,4-7,9-10H2,1-3H3. The van der Waals surface area contributed by atoms with E-state index in [1.165, 1.54) is 12.8 Å². The van der Waals surface area contributed by atoms with Gasteiger partial charge in [0, 0.05) is 31.5 Å². The molecule has 0 saturated heterocycles. The van der Waals surface area contributed by atoms with Gasteiger partial charge in [0.05, 0.1) is 13.2 Å². The van der Waals surface area contributed by atoms with Crippen molar-refractivity contribution < 1.29 is 9.84 Å². The van der Waals surface area contributed by atoms with Gasteiger partial charge in [0.25, 0.3) is 0 Å². The molecule has 0 unspecified atom stereocenters. The SMILES string of the molecule is Cc1cc(C)c(CO)c(N(C)CCOCC2CC2)n1. The average Bonchev–Trinajstić information content (AvgIpc) is 3.17. The molecule has 1 aliphatic carbocycles. The molecular formula is C15H24N2O2. The third-order valence-electron chi connectivity index (χ3n) is 3.59. The van der Waals surface area contributed by atoms with Gasteiger partial charge in [-0.3, -0.25) is 0 Å². The number of hydrogen-bond acceptors (Lipinski definition) is 4. The number of rotatable bonds is 7. The van der Waals surface area contributed by atoms with Gasteiger partial charge in [-0.15, -0.1) is 0 Å². The lowest BCUT2D eigenvalue weighted by molar-refractivity contribution is 0.130. The maximum absolute atomic E-state index is 9.49.